The van der Waals surface area contributed by atoms with Crippen LogP contribution < -0.4 is 10.6 Å². The number of rotatable bonds is 8. The highest BCUT2D eigenvalue weighted by Gasteiger charge is 2.06. The molecule has 142 valence electrons. The standard InChI is InChI=1S/C20H30N4OS/c1-14(2)18-13-26-19(24-18)11-23-20(21-5)22-10-16-6-8-17(9-7-16)12-25-15(3)4/h6-9,13-15H,10-12H2,1-5H3,(H2,21,22,23). The predicted molar refractivity (Wildman–Crippen MR) is 110 cm³/mol. The summed E-state index contributed by atoms with van der Waals surface area (Å²) in [4.78, 5) is 8.91. The Labute approximate surface area is 160 Å². The summed E-state index contributed by atoms with van der Waals surface area (Å²) in [6.45, 7) is 10.5. The fourth-order valence-electron chi connectivity index (χ4n) is 2.25. The van der Waals surface area contributed by atoms with Gasteiger partial charge in [0.05, 0.1) is 24.9 Å². The second-order valence-electron chi connectivity index (χ2n) is 6.78. The Kier molecular flexibility index (Phi) is 8.06. The van der Waals surface area contributed by atoms with E-state index < -0.39 is 0 Å². The zero-order valence-corrected chi connectivity index (χ0v) is 17.2. The van der Waals surface area contributed by atoms with E-state index in [0.29, 0.717) is 19.1 Å². The molecule has 2 aromatic rings. The Bertz CT molecular complexity index is 692. The van der Waals surface area contributed by atoms with Crippen molar-refractivity contribution >= 4 is 17.3 Å². The topological polar surface area (TPSA) is 58.5 Å². The number of hydrogen-bond acceptors (Lipinski definition) is 4. The molecule has 6 heteroatoms. The summed E-state index contributed by atoms with van der Waals surface area (Å²) in [5.41, 5.74) is 3.54. The van der Waals surface area contributed by atoms with E-state index in [1.165, 1.54) is 11.1 Å². The lowest BCUT2D eigenvalue weighted by Gasteiger charge is -2.12. The molecule has 0 radical (unpaired) electrons. The van der Waals surface area contributed by atoms with Crippen molar-refractivity contribution in [1.29, 1.82) is 0 Å². The van der Waals surface area contributed by atoms with Crippen LogP contribution in [0, 0.1) is 0 Å². The minimum Gasteiger partial charge on any atom is -0.374 e. The summed E-state index contributed by atoms with van der Waals surface area (Å²) >= 11 is 1.68. The molecule has 0 atom stereocenters. The molecule has 0 spiro atoms. The normalized spacial score (nSPS) is 12.0. The second kappa shape index (κ2) is 10.3. The zero-order valence-electron chi connectivity index (χ0n) is 16.4. The van der Waals surface area contributed by atoms with Gasteiger partial charge in [0.2, 0.25) is 0 Å². The van der Waals surface area contributed by atoms with Crippen LogP contribution in [-0.2, 0) is 24.4 Å². The van der Waals surface area contributed by atoms with Gasteiger partial charge in [0.25, 0.3) is 0 Å². The molecule has 0 saturated heterocycles. The van der Waals surface area contributed by atoms with Crippen LogP contribution in [0.5, 0.6) is 0 Å². The van der Waals surface area contributed by atoms with Crippen molar-refractivity contribution in [2.24, 2.45) is 4.99 Å². The SMILES string of the molecule is CN=C(NCc1ccc(COC(C)C)cc1)NCc1nc(C(C)C)cs1. The highest BCUT2D eigenvalue weighted by atomic mass is 32.1. The molecule has 0 aliphatic heterocycles. The summed E-state index contributed by atoms with van der Waals surface area (Å²) < 4.78 is 5.62. The first-order valence-corrected chi connectivity index (χ1v) is 9.94. The third-order valence-electron chi connectivity index (χ3n) is 3.86. The van der Waals surface area contributed by atoms with Gasteiger partial charge in [-0.1, -0.05) is 38.1 Å². The minimum atomic E-state index is 0.250. The average Bonchev–Trinajstić information content (AvgIpc) is 3.10. The minimum absolute atomic E-state index is 0.250. The van der Waals surface area contributed by atoms with Crippen LogP contribution in [-0.4, -0.2) is 24.1 Å². The number of nitrogens with zero attached hydrogens (tertiary/aromatic N) is 2. The van der Waals surface area contributed by atoms with Crippen molar-refractivity contribution in [2.45, 2.75) is 59.4 Å². The van der Waals surface area contributed by atoms with Crippen LogP contribution in [0.2, 0.25) is 0 Å². The van der Waals surface area contributed by atoms with Gasteiger partial charge in [-0.15, -0.1) is 11.3 Å². The third-order valence-corrected chi connectivity index (χ3v) is 4.73. The molecule has 0 aliphatic rings. The van der Waals surface area contributed by atoms with E-state index in [1.807, 2.05) is 13.8 Å². The van der Waals surface area contributed by atoms with Crippen molar-refractivity contribution in [3.63, 3.8) is 0 Å². The molecule has 0 amide bonds. The lowest BCUT2D eigenvalue weighted by atomic mass is 10.1. The lowest BCUT2D eigenvalue weighted by Crippen LogP contribution is -2.36. The number of ether oxygens (including phenoxy) is 1. The largest absolute Gasteiger partial charge is 0.374 e. The van der Waals surface area contributed by atoms with Crippen LogP contribution in [0.25, 0.3) is 0 Å². The van der Waals surface area contributed by atoms with Crippen LogP contribution in [0.1, 0.15) is 55.4 Å². The zero-order chi connectivity index (χ0) is 18.9. The fourth-order valence-corrected chi connectivity index (χ4v) is 3.15. The first-order chi connectivity index (χ1) is 12.5. The quantitative estimate of drug-likeness (QED) is 0.540. The van der Waals surface area contributed by atoms with Crippen LogP contribution in [0.4, 0.5) is 0 Å². The van der Waals surface area contributed by atoms with E-state index in [-0.39, 0.29) is 6.10 Å². The van der Waals surface area contributed by atoms with Crippen molar-refractivity contribution < 1.29 is 4.74 Å². The molecule has 26 heavy (non-hydrogen) atoms. The maximum Gasteiger partial charge on any atom is 0.191 e. The molecule has 5 nitrogen and oxygen atoms in total. The van der Waals surface area contributed by atoms with Crippen LogP contribution >= 0.6 is 11.3 Å². The van der Waals surface area contributed by atoms with Gasteiger partial charge in [0.15, 0.2) is 5.96 Å². The van der Waals surface area contributed by atoms with Crippen molar-refractivity contribution in [3.05, 3.63) is 51.5 Å². The van der Waals surface area contributed by atoms with E-state index in [4.69, 9.17) is 4.74 Å². The molecule has 1 heterocycles. The Morgan fingerprint density at radius 2 is 1.73 bits per heavy atom. The molecule has 0 unspecified atom stereocenters. The lowest BCUT2D eigenvalue weighted by molar-refractivity contribution is 0.0657. The third kappa shape index (κ3) is 6.77. The maximum atomic E-state index is 5.62. The van der Waals surface area contributed by atoms with Crippen molar-refractivity contribution in [2.75, 3.05) is 7.05 Å². The smallest absolute Gasteiger partial charge is 0.191 e. The van der Waals surface area contributed by atoms with Gasteiger partial charge in [0, 0.05) is 19.0 Å². The molecule has 1 aromatic carbocycles. The van der Waals surface area contributed by atoms with Gasteiger partial charge < -0.3 is 15.4 Å². The van der Waals surface area contributed by atoms with Gasteiger partial charge in [0.1, 0.15) is 5.01 Å². The van der Waals surface area contributed by atoms with Crippen LogP contribution in [0.3, 0.4) is 0 Å². The molecule has 2 N–H and O–H groups in total. The molecule has 0 aliphatic carbocycles. The van der Waals surface area contributed by atoms with E-state index in [2.05, 4.69) is 64.1 Å². The molecule has 0 fully saturated rings. The van der Waals surface area contributed by atoms with Gasteiger partial charge in [-0.2, -0.15) is 0 Å². The van der Waals surface area contributed by atoms with E-state index in [9.17, 15) is 0 Å². The van der Waals surface area contributed by atoms with Gasteiger partial charge in [-0.3, -0.25) is 4.99 Å². The fraction of sp³-hybridized carbons (Fsp3) is 0.500. The van der Waals surface area contributed by atoms with Crippen molar-refractivity contribution in [3.8, 4) is 0 Å². The number of nitrogens with one attached hydrogen (secondary N) is 2. The molecular weight excluding hydrogens is 344 g/mol. The number of hydrogen-bond donors (Lipinski definition) is 2. The molecule has 1 aromatic heterocycles. The molecule has 0 bridgehead atoms. The summed E-state index contributed by atoms with van der Waals surface area (Å²) in [7, 11) is 1.78. The Morgan fingerprint density at radius 1 is 1.08 bits per heavy atom. The summed E-state index contributed by atoms with van der Waals surface area (Å²) in [6.07, 6.45) is 0.250. The average molecular weight is 375 g/mol. The van der Waals surface area contributed by atoms with Gasteiger partial charge >= 0.3 is 0 Å². The predicted octanol–water partition coefficient (Wildman–Crippen LogP) is 4.06. The number of aliphatic imine (C=N–C) groups is 1. The number of aromatic nitrogens is 1. The number of guanidine groups is 1. The number of benzene rings is 1. The maximum absolute atomic E-state index is 5.62. The number of thiazole rings is 1. The Balaban J connectivity index is 1.79. The molecule has 2 rings (SSSR count). The Morgan fingerprint density at radius 3 is 2.31 bits per heavy atom. The highest BCUT2D eigenvalue weighted by Crippen LogP contribution is 2.17. The molecular formula is C20H30N4OS. The van der Waals surface area contributed by atoms with Gasteiger partial charge in [-0.05, 0) is 30.9 Å². The van der Waals surface area contributed by atoms with E-state index in [1.54, 1.807) is 18.4 Å². The van der Waals surface area contributed by atoms with E-state index in [0.717, 1.165) is 23.2 Å². The van der Waals surface area contributed by atoms with Gasteiger partial charge in [-0.25, -0.2) is 4.98 Å². The summed E-state index contributed by atoms with van der Waals surface area (Å²) in [5.74, 6) is 1.24. The first-order valence-electron chi connectivity index (χ1n) is 9.06. The first kappa shape index (κ1) is 20.4. The Hall–Kier alpha value is -1.92. The van der Waals surface area contributed by atoms with Crippen LogP contribution in [0.15, 0.2) is 34.6 Å². The second-order valence-corrected chi connectivity index (χ2v) is 7.72. The summed E-state index contributed by atoms with van der Waals surface area (Å²) in [6, 6.07) is 8.46. The highest BCUT2D eigenvalue weighted by molar-refractivity contribution is 7.09. The van der Waals surface area contributed by atoms with Crippen molar-refractivity contribution in [1.82, 2.24) is 15.6 Å². The summed E-state index contributed by atoms with van der Waals surface area (Å²) in [5, 5.41) is 9.86. The monoisotopic (exact) mass is 374 g/mol. The van der Waals surface area contributed by atoms with E-state index >= 15 is 0 Å². The molecule has 0 saturated carbocycles.